The van der Waals surface area contributed by atoms with E-state index in [2.05, 4.69) is 31.6 Å². The smallest absolute Gasteiger partial charge is 0.326 e. The van der Waals surface area contributed by atoms with Gasteiger partial charge in [-0.15, -0.1) is 0 Å². The summed E-state index contributed by atoms with van der Waals surface area (Å²) < 4.78 is 0. The Labute approximate surface area is 333 Å². The maximum atomic E-state index is 14.4. The van der Waals surface area contributed by atoms with E-state index in [0.29, 0.717) is 31.4 Å². The van der Waals surface area contributed by atoms with Crippen molar-refractivity contribution in [1.29, 1.82) is 0 Å². The van der Waals surface area contributed by atoms with Crippen LogP contribution in [-0.2, 0) is 41.6 Å². The Hall–Kier alpha value is -5.51. The summed E-state index contributed by atoms with van der Waals surface area (Å²) in [7, 11) is 0. The van der Waals surface area contributed by atoms with Gasteiger partial charge in [0.15, 0.2) is 0 Å². The van der Waals surface area contributed by atoms with Crippen molar-refractivity contribution in [2.45, 2.75) is 102 Å². The lowest BCUT2D eigenvalue weighted by molar-refractivity contribution is -0.145. The van der Waals surface area contributed by atoms with E-state index < -0.39 is 77.6 Å². The van der Waals surface area contributed by atoms with Crippen LogP contribution in [0.4, 0.5) is 0 Å². The minimum atomic E-state index is -1.22. The molecule has 2 heterocycles. The maximum Gasteiger partial charge on any atom is 0.326 e. The first-order valence-corrected chi connectivity index (χ1v) is 19.7. The van der Waals surface area contributed by atoms with E-state index in [1.54, 1.807) is 43.3 Å². The normalized spacial score (nSPS) is 19.4. The van der Waals surface area contributed by atoms with Crippen molar-refractivity contribution < 1.29 is 39.0 Å². The predicted molar refractivity (Wildman–Crippen MR) is 214 cm³/mol. The Morgan fingerprint density at radius 1 is 0.860 bits per heavy atom. The van der Waals surface area contributed by atoms with Crippen LogP contribution < -0.4 is 32.3 Å². The number of carboxylic acid groups (broad SMARTS) is 1. The minimum absolute atomic E-state index is 0.0388. The first-order chi connectivity index (χ1) is 27.2. The molecule has 2 aromatic carbocycles. The molecule has 2 aromatic rings. The van der Waals surface area contributed by atoms with Crippen LogP contribution >= 0.6 is 0 Å². The van der Waals surface area contributed by atoms with E-state index in [0.717, 1.165) is 5.56 Å². The second-order valence-corrected chi connectivity index (χ2v) is 15.3. The van der Waals surface area contributed by atoms with Gasteiger partial charge in [-0.2, -0.15) is 0 Å². The molecule has 5 amide bonds. The number of phenols is 1. The van der Waals surface area contributed by atoms with Crippen molar-refractivity contribution in [3.63, 3.8) is 0 Å². The molecule has 310 valence electrons. The molecule has 0 spiro atoms. The van der Waals surface area contributed by atoms with Gasteiger partial charge in [0, 0.05) is 38.9 Å². The number of nitrogens with one attached hydrogen (secondary N) is 5. The molecule has 4 rings (SSSR count). The fourth-order valence-electron chi connectivity index (χ4n) is 7.11. The number of benzene rings is 2. The van der Waals surface area contributed by atoms with Crippen LogP contribution in [0.2, 0.25) is 0 Å². The Morgan fingerprint density at radius 3 is 2.11 bits per heavy atom. The van der Waals surface area contributed by atoms with Gasteiger partial charge in [-0.1, -0.05) is 76.6 Å². The second-order valence-electron chi connectivity index (χ2n) is 15.3. The first kappa shape index (κ1) is 44.2. The number of nitrogens with zero attached hydrogens (tertiary/aromatic N) is 2. The van der Waals surface area contributed by atoms with E-state index in [-0.39, 0.29) is 50.1 Å². The molecule has 16 heteroatoms. The minimum Gasteiger partial charge on any atom is -0.508 e. The summed E-state index contributed by atoms with van der Waals surface area (Å²) in [5.74, 6) is -5.03. The van der Waals surface area contributed by atoms with Gasteiger partial charge in [0.05, 0.1) is 18.3 Å². The molecule has 16 nitrogen and oxygen atoms in total. The van der Waals surface area contributed by atoms with Crippen LogP contribution in [0.1, 0.15) is 64.5 Å². The van der Waals surface area contributed by atoms with E-state index in [9.17, 15) is 39.0 Å². The molecule has 2 aliphatic rings. The number of carbonyl (C=O) groups excluding carboxylic acids is 5. The summed E-state index contributed by atoms with van der Waals surface area (Å²) in [4.78, 5) is 87.6. The predicted octanol–water partition coefficient (Wildman–Crippen LogP) is 0.859. The number of carbonyl (C=O) groups is 6. The molecule has 0 aliphatic carbocycles. The number of hydrogen-bond donors (Lipinski definition) is 8. The second kappa shape index (κ2) is 21.1. The highest BCUT2D eigenvalue weighted by Gasteiger charge is 2.41. The van der Waals surface area contributed by atoms with Crippen LogP contribution in [-0.4, -0.2) is 113 Å². The number of carboxylic acids is 1. The summed E-state index contributed by atoms with van der Waals surface area (Å²) in [5, 5.41) is 33.9. The fraction of sp³-hybridized carbons (Fsp3) is 0.537. The Kier molecular flexibility index (Phi) is 16.4. The molecule has 0 aromatic heterocycles. The largest absolute Gasteiger partial charge is 0.508 e. The van der Waals surface area contributed by atoms with Crippen molar-refractivity contribution in [3.05, 3.63) is 65.7 Å². The van der Waals surface area contributed by atoms with E-state index in [4.69, 9.17) is 5.73 Å². The van der Waals surface area contributed by atoms with Gasteiger partial charge in [0.25, 0.3) is 0 Å². The zero-order valence-corrected chi connectivity index (χ0v) is 33.1. The van der Waals surface area contributed by atoms with Crippen LogP contribution in [0.15, 0.2) is 59.6 Å². The number of likely N-dealkylation sites (tertiary alicyclic amines) is 1. The van der Waals surface area contributed by atoms with Crippen molar-refractivity contribution in [1.82, 2.24) is 31.5 Å². The van der Waals surface area contributed by atoms with Crippen LogP contribution in [0.5, 0.6) is 5.75 Å². The van der Waals surface area contributed by atoms with Crippen molar-refractivity contribution in [2.24, 2.45) is 28.5 Å². The van der Waals surface area contributed by atoms with Crippen molar-refractivity contribution >= 4 is 41.8 Å². The van der Waals surface area contributed by atoms with Gasteiger partial charge in [0.1, 0.15) is 36.0 Å². The number of rotatable bonds is 20. The average molecular weight is 791 g/mol. The third-order valence-corrected chi connectivity index (χ3v) is 10.8. The summed E-state index contributed by atoms with van der Waals surface area (Å²) in [6, 6.07) is 9.22. The van der Waals surface area contributed by atoms with E-state index >= 15 is 0 Å². The molecule has 8 atom stereocenters. The lowest BCUT2D eigenvalue weighted by Gasteiger charge is -2.32. The van der Waals surface area contributed by atoms with Gasteiger partial charge in [0.2, 0.25) is 29.5 Å². The zero-order valence-electron chi connectivity index (χ0n) is 33.1. The average Bonchev–Trinajstić information content (AvgIpc) is 3.90. The Morgan fingerprint density at radius 2 is 1.51 bits per heavy atom. The topological polar surface area (TPSA) is 245 Å². The first-order valence-electron chi connectivity index (χ1n) is 19.7. The van der Waals surface area contributed by atoms with Gasteiger partial charge >= 0.3 is 5.97 Å². The summed E-state index contributed by atoms with van der Waals surface area (Å²) in [6.07, 6.45) is 3.02. The molecule has 1 saturated heterocycles. The third kappa shape index (κ3) is 12.5. The lowest BCUT2D eigenvalue weighted by Crippen LogP contribution is -2.60. The zero-order chi connectivity index (χ0) is 41.6. The van der Waals surface area contributed by atoms with E-state index in [1.165, 1.54) is 23.4 Å². The van der Waals surface area contributed by atoms with Gasteiger partial charge in [-0.3, -0.25) is 29.0 Å². The highest BCUT2D eigenvalue weighted by Crippen LogP contribution is 2.22. The van der Waals surface area contributed by atoms with Crippen molar-refractivity contribution in [2.75, 3.05) is 19.6 Å². The third-order valence-electron chi connectivity index (χ3n) is 10.8. The standard InChI is InChI=1S/C41H58N8O8/c1-5-25(4)35(48-37(52)31(18-27-13-15-29(50)16-14-27)45-36(51)30(21-42)24(2)3)39(54)46-32(20-28-22-43-23-44-28)40(55)49-17-9-12-34(49)38(53)47-33(41(56)57)19-26-10-7-6-8-11-26/h6-8,10-11,13-16,23-25,28,30-35,50H,5,9,12,17-22,42H2,1-4H3,(H,43,44)(H,45,51)(H,46,54)(H,47,53)(H,48,52)(H,56,57). The molecule has 0 bridgehead atoms. The maximum absolute atomic E-state index is 14.4. The van der Waals surface area contributed by atoms with Gasteiger partial charge < -0.3 is 47.4 Å². The molecule has 9 N–H and O–H groups in total. The number of amides is 5. The highest BCUT2D eigenvalue weighted by atomic mass is 16.4. The highest BCUT2D eigenvalue weighted by molar-refractivity contribution is 5.96. The van der Waals surface area contributed by atoms with E-state index in [1.807, 2.05) is 26.8 Å². The molecule has 8 unspecified atom stereocenters. The number of aliphatic imine (C=N–C) groups is 1. The number of phenolic OH excluding ortho intramolecular Hbond substituents is 1. The summed E-state index contributed by atoms with van der Waals surface area (Å²) in [6.45, 7) is 8.07. The molecule has 0 saturated carbocycles. The molecular formula is C41H58N8O8. The lowest BCUT2D eigenvalue weighted by atomic mass is 9.93. The molecule has 57 heavy (non-hydrogen) atoms. The summed E-state index contributed by atoms with van der Waals surface area (Å²) in [5.41, 5.74) is 7.29. The monoisotopic (exact) mass is 790 g/mol. The van der Waals surface area contributed by atoms with Crippen molar-refractivity contribution in [3.8, 4) is 5.75 Å². The number of aliphatic carboxylic acids is 1. The molecule has 1 fully saturated rings. The molecular weight excluding hydrogens is 732 g/mol. The Balaban J connectivity index is 1.55. The van der Waals surface area contributed by atoms with Crippen LogP contribution in [0.3, 0.4) is 0 Å². The van der Waals surface area contributed by atoms with Gasteiger partial charge in [-0.25, -0.2) is 4.79 Å². The number of hydrogen-bond acceptors (Lipinski definition) is 10. The van der Waals surface area contributed by atoms with Gasteiger partial charge in [-0.05, 0) is 47.9 Å². The SMILES string of the molecule is CCC(C)C(NC(=O)C(Cc1ccc(O)cc1)NC(=O)C(CN)C(C)C)C(=O)NC(CC1CNC=N1)C(=O)N1CCCC1C(=O)NC(Cc1ccccc1)C(=O)O. The van der Waals surface area contributed by atoms with Crippen LogP contribution in [0.25, 0.3) is 0 Å². The quantitative estimate of drug-likeness (QED) is 0.0941. The number of nitrogens with two attached hydrogens (primary N) is 1. The fourth-order valence-corrected chi connectivity index (χ4v) is 7.11. The van der Waals surface area contributed by atoms with Crippen LogP contribution in [0, 0.1) is 17.8 Å². The summed E-state index contributed by atoms with van der Waals surface area (Å²) >= 11 is 0. The molecule has 2 aliphatic heterocycles. The Bertz CT molecular complexity index is 1720. The number of aromatic hydroxyl groups is 1. The molecule has 0 radical (unpaired) electrons.